The molecule has 0 bridgehead atoms. The Morgan fingerprint density at radius 1 is 1.67 bits per heavy atom. The molecule has 1 aliphatic rings. The molecule has 0 spiro atoms. The molecular formula is C10H16N4O. The lowest BCUT2D eigenvalue weighted by molar-refractivity contribution is -0.121. The summed E-state index contributed by atoms with van der Waals surface area (Å²) in [6.07, 6.45) is 5.84. The van der Waals surface area contributed by atoms with E-state index in [1.54, 1.807) is 6.33 Å². The molecular weight excluding hydrogens is 192 g/mol. The van der Waals surface area contributed by atoms with Crippen molar-refractivity contribution in [2.24, 2.45) is 0 Å². The summed E-state index contributed by atoms with van der Waals surface area (Å²) in [5, 5.41) is 5.96. The molecule has 0 unspecified atom stereocenters. The van der Waals surface area contributed by atoms with Crippen molar-refractivity contribution in [2.75, 3.05) is 7.05 Å². The monoisotopic (exact) mass is 208 g/mol. The van der Waals surface area contributed by atoms with Gasteiger partial charge in [-0.25, -0.2) is 4.98 Å². The van der Waals surface area contributed by atoms with Gasteiger partial charge < -0.3 is 15.2 Å². The lowest BCUT2D eigenvalue weighted by Crippen LogP contribution is -2.28. The summed E-state index contributed by atoms with van der Waals surface area (Å²) in [5.41, 5.74) is 0.955. The first-order chi connectivity index (χ1) is 7.28. The van der Waals surface area contributed by atoms with Crippen molar-refractivity contribution in [3.63, 3.8) is 0 Å². The fraction of sp³-hybridized carbons (Fsp3) is 0.600. The van der Waals surface area contributed by atoms with Gasteiger partial charge >= 0.3 is 0 Å². The molecule has 1 fully saturated rings. The minimum absolute atomic E-state index is 0.0749. The van der Waals surface area contributed by atoms with E-state index in [4.69, 9.17) is 0 Å². The summed E-state index contributed by atoms with van der Waals surface area (Å²) in [6.45, 7) is 1.10. The van der Waals surface area contributed by atoms with Crippen LogP contribution in [0, 0.1) is 0 Å². The van der Waals surface area contributed by atoms with E-state index < -0.39 is 0 Å². The van der Waals surface area contributed by atoms with Gasteiger partial charge in [0.05, 0.1) is 12.0 Å². The smallest absolute Gasteiger partial charge is 0.240 e. The third-order valence-electron chi connectivity index (χ3n) is 2.31. The van der Waals surface area contributed by atoms with Gasteiger partial charge in [-0.15, -0.1) is 0 Å². The largest absolute Gasteiger partial charge is 0.352 e. The standard InChI is InChI=1S/C10H16N4O/c1-11-4-9-5-14(7-12-9)6-10(15)13-8-2-3-8/h5,7-8,11H,2-4,6H2,1H3,(H,13,15). The second-order valence-electron chi connectivity index (χ2n) is 3.91. The Morgan fingerprint density at radius 2 is 2.47 bits per heavy atom. The Labute approximate surface area is 88.9 Å². The van der Waals surface area contributed by atoms with E-state index >= 15 is 0 Å². The number of nitrogens with zero attached hydrogens (tertiary/aromatic N) is 2. The van der Waals surface area contributed by atoms with E-state index in [2.05, 4.69) is 15.6 Å². The van der Waals surface area contributed by atoms with Crippen LogP contribution in [0.3, 0.4) is 0 Å². The second-order valence-corrected chi connectivity index (χ2v) is 3.91. The molecule has 0 atom stereocenters. The Morgan fingerprint density at radius 3 is 3.13 bits per heavy atom. The molecule has 2 N–H and O–H groups in total. The maximum atomic E-state index is 11.5. The summed E-state index contributed by atoms with van der Waals surface area (Å²) in [5.74, 6) is 0.0749. The van der Waals surface area contributed by atoms with Gasteiger partial charge in [0.2, 0.25) is 5.91 Å². The zero-order valence-corrected chi connectivity index (χ0v) is 8.86. The molecule has 0 radical (unpaired) electrons. The highest BCUT2D eigenvalue weighted by molar-refractivity contribution is 5.76. The van der Waals surface area contributed by atoms with Crippen molar-refractivity contribution < 1.29 is 4.79 Å². The number of nitrogens with one attached hydrogen (secondary N) is 2. The van der Waals surface area contributed by atoms with Crippen molar-refractivity contribution in [1.29, 1.82) is 0 Å². The van der Waals surface area contributed by atoms with E-state index in [9.17, 15) is 4.79 Å². The number of rotatable bonds is 5. The van der Waals surface area contributed by atoms with Gasteiger partial charge in [0, 0.05) is 18.8 Å². The van der Waals surface area contributed by atoms with E-state index in [-0.39, 0.29) is 5.91 Å². The van der Waals surface area contributed by atoms with Gasteiger partial charge in [-0.05, 0) is 19.9 Å². The highest BCUT2D eigenvalue weighted by atomic mass is 16.2. The third-order valence-corrected chi connectivity index (χ3v) is 2.31. The molecule has 15 heavy (non-hydrogen) atoms. The van der Waals surface area contributed by atoms with Gasteiger partial charge in [0.25, 0.3) is 0 Å². The van der Waals surface area contributed by atoms with Crippen molar-refractivity contribution in [2.45, 2.75) is 32.0 Å². The van der Waals surface area contributed by atoms with Crippen molar-refractivity contribution in [3.05, 3.63) is 18.2 Å². The highest BCUT2D eigenvalue weighted by Gasteiger charge is 2.23. The first-order valence-electron chi connectivity index (χ1n) is 5.22. The molecule has 1 aromatic heterocycles. The predicted molar refractivity (Wildman–Crippen MR) is 56.2 cm³/mol. The molecule has 1 saturated carbocycles. The molecule has 82 valence electrons. The average molecular weight is 208 g/mol. The van der Waals surface area contributed by atoms with E-state index in [0.717, 1.165) is 25.1 Å². The van der Waals surface area contributed by atoms with Gasteiger partial charge in [-0.2, -0.15) is 0 Å². The predicted octanol–water partition coefficient (Wildman–Crippen LogP) is -0.119. The van der Waals surface area contributed by atoms with Crippen LogP contribution in [0.2, 0.25) is 0 Å². The number of amides is 1. The Kier molecular flexibility index (Phi) is 3.01. The fourth-order valence-electron chi connectivity index (χ4n) is 1.43. The maximum absolute atomic E-state index is 11.5. The normalized spacial score (nSPS) is 15.3. The number of carbonyl (C=O) groups is 1. The minimum atomic E-state index is 0.0749. The minimum Gasteiger partial charge on any atom is -0.352 e. The molecule has 0 saturated heterocycles. The van der Waals surface area contributed by atoms with Crippen LogP contribution in [0.1, 0.15) is 18.5 Å². The quantitative estimate of drug-likeness (QED) is 0.709. The fourth-order valence-corrected chi connectivity index (χ4v) is 1.43. The number of hydrogen-bond acceptors (Lipinski definition) is 3. The van der Waals surface area contributed by atoms with Crippen LogP contribution < -0.4 is 10.6 Å². The highest BCUT2D eigenvalue weighted by Crippen LogP contribution is 2.18. The second kappa shape index (κ2) is 4.44. The van der Waals surface area contributed by atoms with Gasteiger partial charge in [0.15, 0.2) is 0 Å². The summed E-state index contributed by atoms with van der Waals surface area (Å²) < 4.78 is 1.81. The lowest BCUT2D eigenvalue weighted by atomic mass is 10.4. The van der Waals surface area contributed by atoms with Crippen LogP contribution in [0.15, 0.2) is 12.5 Å². The zero-order chi connectivity index (χ0) is 10.7. The summed E-state index contributed by atoms with van der Waals surface area (Å²) in [4.78, 5) is 15.6. The van der Waals surface area contributed by atoms with Crippen molar-refractivity contribution in [1.82, 2.24) is 20.2 Å². The molecule has 0 aromatic carbocycles. The van der Waals surface area contributed by atoms with Gasteiger partial charge in [-0.1, -0.05) is 0 Å². The molecule has 1 aliphatic carbocycles. The number of carbonyl (C=O) groups excluding carboxylic acids is 1. The van der Waals surface area contributed by atoms with E-state index in [0.29, 0.717) is 12.6 Å². The van der Waals surface area contributed by atoms with Gasteiger partial charge in [0.1, 0.15) is 6.54 Å². The topological polar surface area (TPSA) is 59.0 Å². The first kappa shape index (κ1) is 10.2. The number of aromatic nitrogens is 2. The van der Waals surface area contributed by atoms with Crippen LogP contribution >= 0.6 is 0 Å². The number of hydrogen-bond donors (Lipinski definition) is 2. The Hall–Kier alpha value is -1.36. The molecule has 5 nitrogen and oxygen atoms in total. The Balaban J connectivity index is 1.83. The van der Waals surface area contributed by atoms with Crippen LogP contribution in [0.25, 0.3) is 0 Å². The summed E-state index contributed by atoms with van der Waals surface area (Å²) in [7, 11) is 1.87. The molecule has 1 heterocycles. The molecule has 1 amide bonds. The van der Waals surface area contributed by atoms with Crippen molar-refractivity contribution >= 4 is 5.91 Å². The maximum Gasteiger partial charge on any atom is 0.240 e. The Bertz CT molecular complexity index is 343. The SMILES string of the molecule is CNCc1cn(CC(=O)NC2CC2)cn1. The van der Waals surface area contributed by atoms with Crippen LogP contribution in [-0.2, 0) is 17.9 Å². The van der Waals surface area contributed by atoms with Gasteiger partial charge in [-0.3, -0.25) is 4.79 Å². The molecule has 1 aromatic rings. The third kappa shape index (κ3) is 3.06. The summed E-state index contributed by atoms with van der Waals surface area (Å²) >= 11 is 0. The summed E-state index contributed by atoms with van der Waals surface area (Å²) in [6, 6.07) is 0.429. The molecule has 2 rings (SSSR count). The van der Waals surface area contributed by atoms with Crippen LogP contribution in [0.4, 0.5) is 0 Å². The zero-order valence-electron chi connectivity index (χ0n) is 8.86. The van der Waals surface area contributed by atoms with E-state index in [1.807, 2.05) is 17.8 Å². The molecule has 0 aliphatic heterocycles. The molecule has 5 heteroatoms. The van der Waals surface area contributed by atoms with Crippen LogP contribution in [0.5, 0.6) is 0 Å². The van der Waals surface area contributed by atoms with E-state index in [1.165, 1.54) is 0 Å². The number of imidazole rings is 1. The van der Waals surface area contributed by atoms with Crippen molar-refractivity contribution in [3.8, 4) is 0 Å². The first-order valence-corrected chi connectivity index (χ1v) is 5.22. The average Bonchev–Trinajstić information content (AvgIpc) is 2.88. The lowest BCUT2D eigenvalue weighted by Gasteiger charge is -2.02. The van der Waals surface area contributed by atoms with Crippen LogP contribution in [-0.4, -0.2) is 28.5 Å².